The van der Waals surface area contributed by atoms with Crippen LogP contribution in [0.15, 0.2) is 48.5 Å². The first-order valence-electron chi connectivity index (χ1n) is 6.27. The smallest absolute Gasteiger partial charge is 0.227 e. The Bertz CT molecular complexity index is 580. The Balaban J connectivity index is 1.94. The van der Waals surface area contributed by atoms with Gasteiger partial charge < -0.3 is 4.90 Å². The number of hydrogen-bond donors (Lipinski definition) is 0. The third kappa shape index (κ3) is 4.07. The second-order valence-corrected chi connectivity index (χ2v) is 5.12. The van der Waals surface area contributed by atoms with Crippen molar-refractivity contribution in [1.29, 1.82) is 0 Å². The Morgan fingerprint density at radius 1 is 1.05 bits per heavy atom. The lowest BCUT2D eigenvalue weighted by molar-refractivity contribution is -0.129. The summed E-state index contributed by atoms with van der Waals surface area (Å²) < 4.78 is 12.8. The van der Waals surface area contributed by atoms with E-state index in [9.17, 15) is 9.18 Å². The zero-order valence-electron chi connectivity index (χ0n) is 11.1. The van der Waals surface area contributed by atoms with E-state index < -0.39 is 0 Å². The molecule has 2 rings (SSSR count). The maximum Gasteiger partial charge on any atom is 0.227 e. The maximum atomic E-state index is 12.8. The number of hydrogen-bond acceptors (Lipinski definition) is 1. The van der Waals surface area contributed by atoms with Crippen LogP contribution in [0, 0.1) is 5.82 Å². The Labute approximate surface area is 122 Å². The molecule has 2 aromatic rings. The lowest BCUT2D eigenvalue weighted by Gasteiger charge is -2.17. The summed E-state index contributed by atoms with van der Waals surface area (Å²) in [5, 5.41) is 0.675. The van der Waals surface area contributed by atoms with E-state index in [-0.39, 0.29) is 18.1 Å². The molecule has 0 saturated carbocycles. The summed E-state index contributed by atoms with van der Waals surface area (Å²) >= 11 is 5.82. The molecule has 0 aliphatic rings. The second kappa shape index (κ2) is 6.53. The number of likely N-dealkylation sites (N-methyl/N-ethyl adjacent to an activating group) is 1. The molecule has 104 valence electrons. The molecule has 0 aliphatic heterocycles. The monoisotopic (exact) mass is 291 g/mol. The lowest BCUT2D eigenvalue weighted by Crippen LogP contribution is -2.27. The quantitative estimate of drug-likeness (QED) is 0.841. The average Bonchev–Trinajstić information content (AvgIpc) is 2.44. The van der Waals surface area contributed by atoms with Crippen molar-refractivity contribution in [3.8, 4) is 0 Å². The predicted octanol–water partition coefficient (Wildman–Crippen LogP) is 3.68. The number of nitrogens with zero attached hydrogens (tertiary/aromatic N) is 1. The van der Waals surface area contributed by atoms with Crippen molar-refractivity contribution >= 4 is 17.5 Å². The van der Waals surface area contributed by atoms with Gasteiger partial charge in [0.05, 0.1) is 6.42 Å². The Hall–Kier alpha value is -1.87. The standard InChI is InChI=1S/C16H15ClFNO/c1-19(11-13-2-6-14(17)7-3-13)16(20)10-12-4-8-15(18)9-5-12/h2-9H,10-11H2,1H3. The number of carbonyl (C=O) groups excluding carboxylic acids is 1. The van der Waals surface area contributed by atoms with Crippen LogP contribution in [0.4, 0.5) is 4.39 Å². The van der Waals surface area contributed by atoms with Gasteiger partial charge in [0.15, 0.2) is 0 Å². The van der Waals surface area contributed by atoms with Gasteiger partial charge in [-0.1, -0.05) is 35.9 Å². The van der Waals surface area contributed by atoms with Gasteiger partial charge in [0, 0.05) is 18.6 Å². The van der Waals surface area contributed by atoms with E-state index in [0.29, 0.717) is 11.6 Å². The first-order valence-corrected chi connectivity index (χ1v) is 6.65. The normalized spacial score (nSPS) is 10.3. The van der Waals surface area contributed by atoms with Crippen molar-refractivity contribution in [2.45, 2.75) is 13.0 Å². The third-order valence-electron chi connectivity index (χ3n) is 3.03. The summed E-state index contributed by atoms with van der Waals surface area (Å²) in [7, 11) is 1.75. The topological polar surface area (TPSA) is 20.3 Å². The molecule has 1 amide bonds. The van der Waals surface area contributed by atoms with Crippen molar-refractivity contribution < 1.29 is 9.18 Å². The molecule has 0 unspecified atom stereocenters. The molecular formula is C16H15ClFNO. The lowest BCUT2D eigenvalue weighted by atomic mass is 10.1. The molecule has 4 heteroatoms. The maximum absolute atomic E-state index is 12.8. The molecule has 0 radical (unpaired) electrons. The number of carbonyl (C=O) groups is 1. The molecule has 0 spiro atoms. The van der Waals surface area contributed by atoms with Crippen LogP contribution < -0.4 is 0 Å². The summed E-state index contributed by atoms with van der Waals surface area (Å²) in [6.07, 6.45) is 0.268. The highest BCUT2D eigenvalue weighted by Crippen LogP contribution is 2.12. The highest BCUT2D eigenvalue weighted by atomic mass is 35.5. The molecule has 0 saturated heterocycles. The van der Waals surface area contributed by atoms with Crippen LogP contribution in [0.1, 0.15) is 11.1 Å². The van der Waals surface area contributed by atoms with Gasteiger partial charge in [-0.15, -0.1) is 0 Å². The van der Waals surface area contributed by atoms with E-state index in [2.05, 4.69) is 0 Å². The second-order valence-electron chi connectivity index (χ2n) is 4.68. The molecule has 0 aromatic heterocycles. The average molecular weight is 292 g/mol. The molecule has 0 N–H and O–H groups in total. The highest BCUT2D eigenvalue weighted by Gasteiger charge is 2.10. The van der Waals surface area contributed by atoms with Gasteiger partial charge in [-0.2, -0.15) is 0 Å². The fourth-order valence-corrected chi connectivity index (χ4v) is 1.99. The molecule has 0 aliphatic carbocycles. The van der Waals surface area contributed by atoms with Crippen LogP contribution >= 0.6 is 11.6 Å². The molecular weight excluding hydrogens is 277 g/mol. The molecule has 0 fully saturated rings. The summed E-state index contributed by atoms with van der Waals surface area (Å²) in [4.78, 5) is 13.7. The number of benzene rings is 2. The summed E-state index contributed by atoms with van der Waals surface area (Å²) in [5.74, 6) is -0.303. The van der Waals surface area contributed by atoms with E-state index in [0.717, 1.165) is 11.1 Å². The number of halogens is 2. The van der Waals surface area contributed by atoms with Gasteiger partial charge in [0.1, 0.15) is 5.82 Å². The van der Waals surface area contributed by atoms with Gasteiger partial charge in [0.25, 0.3) is 0 Å². The number of rotatable bonds is 4. The van der Waals surface area contributed by atoms with Gasteiger partial charge in [-0.05, 0) is 35.4 Å². The third-order valence-corrected chi connectivity index (χ3v) is 3.28. The summed E-state index contributed by atoms with van der Waals surface area (Å²) in [5.41, 5.74) is 1.82. The van der Waals surface area contributed by atoms with E-state index in [1.807, 2.05) is 12.1 Å². The minimum absolute atomic E-state index is 0.00782. The SMILES string of the molecule is CN(Cc1ccc(Cl)cc1)C(=O)Cc1ccc(F)cc1. The fourth-order valence-electron chi connectivity index (χ4n) is 1.86. The van der Waals surface area contributed by atoms with Crippen LogP contribution in [0.25, 0.3) is 0 Å². The van der Waals surface area contributed by atoms with Gasteiger partial charge in [-0.3, -0.25) is 4.79 Å². The molecule has 0 bridgehead atoms. The minimum atomic E-state index is -0.296. The molecule has 2 aromatic carbocycles. The first kappa shape index (κ1) is 14.5. The Kier molecular flexibility index (Phi) is 4.74. The van der Waals surface area contributed by atoms with Crippen LogP contribution in [0.2, 0.25) is 5.02 Å². The van der Waals surface area contributed by atoms with Crippen LogP contribution in [0.5, 0.6) is 0 Å². The van der Waals surface area contributed by atoms with Gasteiger partial charge in [-0.25, -0.2) is 4.39 Å². The molecule has 0 heterocycles. The van der Waals surface area contributed by atoms with Crippen molar-refractivity contribution in [2.75, 3.05) is 7.05 Å². The van der Waals surface area contributed by atoms with E-state index in [1.54, 1.807) is 36.2 Å². The Morgan fingerprint density at radius 3 is 2.20 bits per heavy atom. The molecule has 20 heavy (non-hydrogen) atoms. The predicted molar refractivity (Wildman–Crippen MR) is 78.0 cm³/mol. The highest BCUT2D eigenvalue weighted by molar-refractivity contribution is 6.30. The van der Waals surface area contributed by atoms with Gasteiger partial charge in [0.2, 0.25) is 5.91 Å². The molecule has 2 nitrogen and oxygen atoms in total. The molecule has 0 atom stereocenters. The summed E-state index contributed by atoms with van der Waals surface area (Å²) in [6.45, 7) is 0.525. The van der Waals surface area contributed by atoms with Crippen molar-refractivity contribution in [1.82, 2.24) is 4.90 Å². The van der Waals surface area contributed by atoms with Crippen LogP contribution in [0.3, 0.4) is 0 Å². The van der Waals surface area contributed by atoms with E-state index in [4.69, 9.17) is 11.6 Å². The van der Waals surface area contributed by atoms with Crippen molar-refractivity contribution in [2.24, 2.45) is 0 Å². The van der Waals surface area contributed by atoms with Gasteiger partial charge >= 0.3 is 0 Å². The Morgan fingerprint density at radius 2 is 1.60 bits per heavy atom. The van der Waals surface area contributed by atoms with Crippen molar-refractivity contribution in [3.63, 3.8) is 0 Å². The van der Waals surface area contributed by atoms with E-state index in [1.165, 1.54) is 12.1 Å². The van der Waals surface area contributed by atoms with Crippen LogP contribution in [-0.2, 0) is 17.8 Å². The zero-order valence-corrected chi connectivity index (χ0v) is 11.9. The minimum Gasteiger partial charge on any atom is -0.341 e. The van der Waals surface area contributed by atoms with E-state index >= 15 is 0 Å². The number of amides is 1. The van der Waals surface area contributed by atoms with Crippen LogP contribution in [-0.4, -0.2) is 17.9 Å². The summed E-state index contributed by atoms with van der Waals surface area (Å²) in [6, 6.07) is 13.4. The fraction of sp³-hybridized carbons (Fsp3) is 0.188. The first-order chi connectivity index (χ1) is 9.54. The largest absolute Gasteiger partial charge is 0.341 e. The zero-order chi connectivity index (χ0) is 14.5. The van der Waals surface area contributed by atoms with Crippen molar-refractivity contribution in [3.05, 3.63) is 70.5 Å².